The van der Waals surface area contributed by atoms with E-state index in [4.69, 9.17) is 20.4 Å². The van der Waals surface area contributed by atoms with Crippen molar-refractivity contribution in [3.8, 4) is 17.1 Å². The number of carbonyl (C=O) groups excluding carboxylic acids is 1. The van der Waals surface area contributed by atoms with E-state index in [-0.39, 0.29) is 17.8 Å². The molecule has 14 heteroatoms. The molecule has 2 aromatic heterocycles. The summed E-state index contributed by atoms with van der Waals surface area (Å²) >= 11 is 0. The summed E-state index contributed by atoms with van der Waals surface area (Å²) in [5.74, 6) is -2.28. The highest BCUT2D eigenvalue weighted by Crippen LogP contribution is 2.18. The van der Waals surface area contributed by atoms with Crippen LogP contribution in [-0.2, 0) is 11.3 Å². The molecule has 2 heterocycles. The van der Waals surface area contributed by atoms with Gasteiger partial charge < -0.3 is 20.5 Å². The zero-order valence-corrected chi connectivity index (χ0v) is 20.0. The van der Waals surface area contributed by atoms with Crippen LogP contribution in [-0.4, -0.2) is 75.1 Å². The number of carbonyl (C=O) groups is 2. The third-order valence-corrected chi connectivity index (χ3v) is 4.53. The molecular weight excluding hydrogens is 497 g/mol. The second-order valence-corrected chi connectivity index (χ2v) is 7.83. The first-order valence-corrected chi connectivity index (χ1v) is 10.7. The van der Waals surface area contributed by atoms with Gasteiger partial charge in [-0.05, 0) is 38.2 Å². The highest BCUT2D eigenvalue weighted by Gasteiger charge is 2.38. The zero-order valence-electron chi connectivity index (χ0n) is 20.0. The quantitative estimate of drug-likeness (QED) is 0.401. The van der Waals surface area contributed by atoms with Crippen molar-refractivity contribution in [1.82, 2.24) is 24.6 Å². The van der Waals surface area contributed by atoms with E-state index in [1.54, 1.807) is 12.4 Å². The monoisotopic (exact) mass is 522 g/mol. The number of ether oxygens (including phenoxy) is 1. The summed E-state index contributed by atoms with van der Waals surface area (Å²) in [6.45, 7) is 1.75. The number of halogens is 3. The minimum atomic E-state index is -5.08. The van der Waals surface area contributed by atoms with Gasteiger partial charge in [0.05, 0.1) is 25.5 Å². The largest absolute Gasteiger partial charge is 0.490 e. The van der Waals surface area contributed by atoms with Crippen LogP contribution in [0, 0.1) is 0 Å². The molecule has 0 unspecified atom stereocenters. The molecule has 3 rings (SSSR count). The number of hydrogen-bond donors (Lipinski definition) is 2. The number of carboxylic acid groups (broad SMARTS) is 1. The van der Waals surface area contributed by atoms with E-state index in [9.17, 15) is 22.8 Å². The Labute approximate surface area is 209 Å². The molecule has 1 aromatic carbocycles. The lowest BCUT2D eigenvalue weighted by Gasteiger charge is -2.10. The smallest absolute Gasteiger partial charge is 0.490 e. The minimum Gasteiger partial charge on any atom is -0.490 e. The predicted molar refractivity (Wildman–Crippen MR) is 126 cm³/mol. The Hall–Kier alpha value is -4.33. The van der Waals surface area contributed by atoms with Crippen LogP contribution in [0.25, 0.3) is 11.4 Å². The van der Waals surface area contributed by atoms with Gasteiger partial charge in [-0.15, -0.1) is 0 Å². The van der Waals surface area contributed by atoms with Crippen molar-refractivity contribution in [3.63, 3.8) is 0 Å². The molecule has 0 spiro atoms. The lowest BCUT2D eigenvalue weighted by molar-refractivity contribution is -0.192. The highest BCUT2D eigenvalue weighted by atomic mass is 19.4. The molecule has 0 aliphatic rings. The molecule has 0 aliphatic carbocycles. The zero-order chi connectivity index (χ0) is 27.6. The lowest BCUT2D eigenvalue weighted by Crippen LogP contribution is -2.26. The fraction of sp³-hybridized carbons (Fsp3) is 0.304. The molecule has 3 aromatic rings. The van der Waals surface area contributed by atoms with Crippen molar-refractivity contribution in [1.29, 1.82) is 0 Å². The summed E-state index contributed by atoms with van der Waals surface area (Å²) in [6, 6.07) is 10.1. The third-order valence-electron chi connectivity index (χ3n) is 4.53. The number of aliphatic carboxylic acids is 1. The van der Waals surface area contributed by atoms with Gasteiger partial charge in [-0.1, -0.05) is 18.2 Å². The van der Waals surface area contributed by atoms with Gasteiger partial charge >= 0.3 is 12.1 Å². The van der Waals surface area contributed by atoms with Gasteiger partial charge in [-0.3, -0.25) is 9.59 Å². The van der Waals surface area contributed by atoms with Gasteiger partial charge in [-0.25, -0.2) is 19.4 Å². The molecule has 0 bridgehead atoms. The second-order valence-electron chi connectivity index (χ2n) is 7.83. The van der Waals surface area contributed by atoms with Gasteiger partial charge in [0.25, 0.3) is 11.5 Å². The molecule has 0 saturated carbocycles. The van der Waals surface area contributed by atoms with E-state index < -0.39 is 18.1 Å². The maximum Gasteiger partial charge on any atom is 0.490 e. The number of hydrogen-bond acceptors (Lipinski definition) is 8. The summed E-state index contributed by atoms with van der Waals surface area (Å²) in [6.07, 6.45) is -0.874. The molecule has 0 aliphatic heterocycles. The van der Waals surface area contributed by atoms with E-state index in [2.05, 4.69) is 20.0 Å². The van der Waals surface area contributed by atoms with Gasteiger partial charge in [0, 0.05) is 18.2 Å². The Morgan fingerprint density at radius 3 is 2.35 bits per heavy atom. The Morgan fingerprint density at radius 1 is 1.14 bits per heavy atom. The molecule has 3 N–H and O–H groups in total. The first-order valence-electron chi connectivity index (χ1n) is 10.7. The van der Waals surface area contributed by atoms with Crippen molar-refractivity contribution >= 4 is 11.9 Å². The van der Waals surface area contributed by atoms with Crippen LogP contribution in [0.2, 0.25) is 0 Å². The van der Waals surface area contributed by atoms with Crippen LogP contribution in [0.1, 0.15) is 22.5 Å². The number of benzene rings is 1. The van der Waals surface area contributed by atoms with Gasteiger partial charge in [0.1, 0.15) is 5.69 Å². The fourth-order valence-corrected chi connectivity index (χ4v) is 2.79. The van der Waals surface area contributed by atoms with Crippen molar-refractivity contribution in [2.24, 2.45) is 5.73 Å². The Kier molecular flexibility index (Phi) is 10.2. The molecule has 0 atom stereocenters. The average Bonchev–Trinajstić information content (AvgIpc) is 2.83. The van der Waals surface area contributed by atoms with Crippen LogP contribution in [0.5, 0.6) is 5.75 Å². The molecule has 0 saturated heterocycles. The summed E-state index contributed by atoms with van der Waals surface area (Å²) < 4.78 is 38.6. The second kappa shape index (κ2) is 13.1. The lowest BCUT2D eigenvalue weighted by atomic mass is 10.1. The molecule has 198 valence electrons. The summed E-state index contributed by atoms with van der Waals surface area (Å²) in [7, 11) is 4.04. The summed E-state index contributed by atoms with van der Waals surface area (Å²) in [5.41, 5.74) is 6.57. The Balaban J connectivity index is 0.000000604. The normalized spacial score (nSPS) is 11.0. The van der Waals surface area contributed by atoms with Crippen LogP contribution in [0.4, 0.5) is 13.2 Å². The number of alkyl halides is 3. The number of nitrogens with two attached hydrogens (primary N) is 1. The summed E-state index contributed by atoms with van der Waals surface area (Å²) in [5, 5.41) is 11.1. The number of primary amides is 1. The topological polar surface area (TPSA) is 154 Å². The maximum atomic E-state index is 12.0. The van der Waals surface area contributed by atoms with E-state index >= 15 is 0 Å². The van der Waals surface area contributed by atoms with Crippen LogP contribution in [0.15, 0.2) is 53.6 Å². The Bertz CT molecular complexity index is 1260. The number of nitrogens with zero attached hydrogens (tertiary/aromatic N) is 5. The third kappa shape index (κ3) is 9.68. The first-order chi connectivity index (χ1) is 17.4. The highest BCUT2D eigenvalue weighted by molar-refractivity contribution is 5.90. The average molecular weight is 522 g/mol. The maximum absolute atomic E-state index is 12.0. The number of aromatic nitrogens is 4. The van der Waals surface area contributed by atoms with Crippen LogP contribution >= 0.6 is 0 Å². The molecule has 1 amide bonds. The number of amides is 1. The number of rotatable bonds is 9. The predicted octanol–water partition coefficient (Wildman–Crippen LogP) is 1.81. The van der Waals surface area contributed by atoms with Crippen molar-refractivity contribution in [2.75, 3.05) is 27.2 Å². The minimum absolute atomic E-state index is 0.0373. The van der Waals surface area contributed by atoms with Gasteiger partial charge in [0.15, 0.2) is 11.6 Å². The van der Waals surface area contributed by atoms with E-state index in [1.807, 2.05) is 38.4 Å². The molecule has 11 nitrogen and oxygen atoms in total. The van der Waals surface area contributed by atoms with Crippen molar-refractivity contribution < 1.29 is 32.6 Å². The standard InChI is InChI=1S/C21H24N6O3.C2HF3O2/c1-26(2)9-4-10-30-17-12-23-21(24-13-17)16-6-3-5-15(11-16)14-27-19(28)8-7-18(25-27)20(22)29;3-2(4,5)1(6)7/h3,5-8,11-13H,4,9-10,14H2,1-2H3,(H2,22,29);(H,6,7). The number of carboxylic acids is 1. The van der Waals surface area contributed by atoms with Gasteiger partial charge in [0.2, 0.25) is 0 Å². The van der Waals surface area contributed by atoms with Crippen LogP contribution < -0.4 is 16.0 Å². The van der Waals surface area contributed by atoms with Crippen LogP contribution in [0.3, 0.4) is 0 Å². The van der Waals surface area contributed by atoms with E-state index in [0.29, 0.717) is 18.2 Å². The fourth-order valence-electron chi connectivity index (χ4n) is 2.79. The van der Waals surface area contributed by atoms with E-state index in [1.165, 1.54) is 16.8 Å². The SMILES string of the molecule is CN(C)CCCOc1cnc(-c2cccc(Cn3nc(C(N)=O)ccc3=O)c2)nc1.O=C(O)C(F)(F)F. The molecular formula is C23H25F3N6O5. The van der Waals surface area contributed by atoms with Crippen molar-refractivity contribution in [2.45, 2.75) is 19.1 Å². The molecule has 0 fully saturated rings. The first kappa shape index (κ1) is 28.9. The Morgan fingerprint density at radius 2 is 1.78 bits per heavy atom. The summed E-state index contributed by atoms with van der Waals surface area (Å²) in [4.78, 5) is 43.1. The molecule has 0 radical (unpaired) electrons. The van der Waals surface area contributed by atoms with E-state index in [0.717, 1.165) is 24.1 Å². The van der Waals surface area contributed by atoms with Gasteiger partial charge in [-0.2, -0.15) is 18.3 Å². The molecule has 37 heavy (non-hydrogen) atoms. The van der Waals surface area contributed by atoms with Crippen molar-refractivity contribution in [3.05, 3.63) is 70.4 Å².